The van der Waals surface area contributed by atoms with Gasteiger partial charge in [0.05, 0.1) is 5.56 Å². The van der Waals surface area contributed by atoms with Crippen LogP contribution < -0.4 is 4.74 Å². The van der Waals surface area contributed by atoms with Crippen molar-refractivity contribution in [3.8, 4) is 33.8 Å². The highest BCUT2D eigenvalue weighted by Gasteiger charge is 2.22. The molecular formula is C27H18O5. The van der Waals surface area contributed by atoms with E-state index in [1.165, 1.54) is 40.5 Å². The second-order valence-electron chi connectivity index (χ2n) is 7.58. The van der Waals surface area contributed by atoms with Gasteiger partial charge in [0.2, 0.25) is 0 Å². The Bertz CT molecular complexity index is 1370. The Morgan fingerprint density at radius 1 is 0.688 bits per heavy atom. The quantitative estimate of drug-likeness (QED) is 0.357. The van der Waals surface area contributed by atoms with E-state index in [1.54, 1.807) is 12.1 Å². The molecule has 0 atom stereocenters. The molecule has 0 heterocycles. The molecule has 0 unspecified atom stereocenters. The van der Waals surface area contributed by atoms with E-state index in [0.29, 0.717) is 5.75 Å². The number of hydrogen-bond acceptors (Lipinski definition) is 3. The van der Waals surface area contributed by atoms with Gasteiger partial charge in [0.1, 0.15) is 17.1 Å². The van der Waals surface area contributed by atoms with Crippen LogP contribution in [0.4, 0.5) is 0 Å². The van der Waals surface area contributed by atoms with Gasteiger partial charge in [-0.2, -0.15) is 0 Å². The lowest BCUT2D eigenvalue weighted by Crippen LogP contribution is -2.09. The summed E-state index contributed by atoms with van der Waals surface area (Å²) >= 11 is 0. The van der Waals surface area contributed by atoms with Crippen molar-refractivity contribution < 1.29 is 24.5 Å². The van der Waals surface area contributed by atoms with E-state index in [2.05, 4.69) is 42.5 Å². The average molecular weight is 422 g/mol. The molecule has 5 nitrogen and oxygen atoms in total. The Balaban J connectivity index is 1.47. The van der Waals surface area contributed by atoms with Crippen LogP contribution in [-0.2, 0) is 6.42 Å². The Kier molecular flexibility index (Phi) is 4.71. The molecule has 0 aromatic heterocycles. The summed E-state index contributed by atoms with van der Waals surface area (Å²) in [7, 11) is 0. The standard InChI is InChI=1S/C27H18O5/c28-26(29)22-9-4-10-24(25(22)27(30)31)32-18-13-11-16(12-14-18)19-7-3-8-21-20-6-2-1-5-17(20)15-23(19)21/h1-14H,15H2,(H,28,29)(H,30,31). The normalized spacial score (nSPS) is 11.5. The van der Waals surface area contributed by atoms with E-state index in [-0.39, 0.29) is 16.9 Å². The lowest BCUT2D eigenvalue weighted by atomic mass is 9.96. The Labute approximate surface area is 184 Å². The molecule has 5 rings (SSSR count). The number of rotatable bonds is 5. The fourth-order valence-electron chi connectivity index (χ4n) is 4.27. The molecule has 0 spiro atoms. The highest BCUT2D eigenvalue weighted by Crippen LogP contribution is 2.41. The van der Waals surface area contributed by atoms with Crippen molar-refractivity contribution in [2.45, 2.75) is 6.42 Å². The minimum Gasteiger partial charge on any atom is -0.478 e. The van der Waals surface area contributed by atoms with E-state index >= 15 is 0 Å². The van der Waals surface area contributed by atoms with Crippen LogP contribution in [0.1, 0.15) is 31.8 Å². The predicted octanol–water partition coefficient (Wildman–Crippen LogP) is 6.11. The molecule has 0 saturated carbocycles. The molecule has 5 heteroatoms. The van der Waals surface area contributed by atoms with Crippen LogP contribution >= 0.6 is 0 Å². The van der Waals surface area contributed by atoms with Gasteiger partial charge in [-0.3, -0.25) is 0 Å². The maximum Gasteiger partial charge on any atom is 0.340 e. The highest BCUT2D eigenvalue weighted by atomic mass is 16.5. The molecule has 0 saturated heterocycles. The third-order valence-electron chi connectivity index (χ3n) is 5.71. The minimum atomic E-state index is -1.35. The van der Waals surface area contributed by atoms with Crippen molar-refractivity contribution >= 4 is 11.9 Å². The van der Waals surface area contributed by atoms with Crippen LogP contribution in [0.2, 0.25) is 0 Å². The van der Waals surface area contributed by atoms with Crippen LogP contribution in [0.25, 0.3) is 22.3 Å². The van der Waals surface area contributed by atoms with Crippen molar-refractivity contribution in [1.82, 2.24) is 0 Å². The van der Waals surface area contributed by atoms with Crippen LogP contribution in [0.3, 0.4) is 0 Å². The van der Waals surface area contributed by atoms with Gasteiger partial charge in [0.25, 0.3) is 0 Å². The van der Waals surface area contributed by atoms with Gasteiger partial charge in [-0.05, 0) is 64.1 Å². The maximum atomic E-state index is 11.6. The molecule has 0 amide bonds. The summed E-state index contributed by atoms with van der Waals surface area (Å²) in [6.07, 6.45) is 0.879. The number of hydrogen-bond donors (Lipinski definition) is 2. The SMILES string of the molecule is O=C(O)c1cccc(Oc2ccc(-c3cccc4c3Cc3ccccc3-4)cc2)c1C(=O)O. The summed E-state index contributed by atoms with van der Waals surface area (Å²) in [5, 5.41) is 18.8. The zero-order chi connectivity index (χ0) is 22.2. The highest BCUT2D eigenvalue weighted by molar-refractivity contribution is 6.03. The van der Waals surface area contributed by atoms with Crippen LogP contribution in [-0.4, -0.2) is 22.2 Å². The number of ether oxygens (including phenoxy) is 1. The molecule has 4 aromatic rings. The largest absolute Gasteiger partial charge is 0.478 e. The topological polar surface area (TPSA) is 83.8 Å². The smallest absolute Gasteiger partial charge is 0.340 e. The Hall–Kier alpha value is -4.38. The Morgan fingerprint density at radius 3 is 2.12 bits per heavy atom. The lowest BCUT2D eigenvalue weighted by molar-refractivity contribution is 0.0649. The monoisotopic (exact) mass is 422 g/mol. The zero-order valence-corrected chi connectivity index (χ0v) is 16.9. The van der Waals surface area contributed by atoms with Crippen LogP contribution in [0, 0.1) is 0 Å². The van der Waals surface area contributed by atoms with Gasteiger partial charge in [0.15, 0.2) is 0 Å². The van der Waals surface area contributed by atoms with Crippen molar-refractivity contribution in [2.75, 3.05) is 0 Å². The summed E-state index contributed by atoms with van der Waals surface area (Å²) in [6.45, 7) is 0. The van der Waals surface area contributed by atoms with Gasteiger partial charge in [-0.25, -0.2) is 9.59 Å². The number of carboxylic acids is 2. The van der Waals surface area contributed by atoms with E-state index < -0.39 is 11.9 Å². The second kappa shape index (κ2) is 7.71. The fraction of sp³-hybridized carbons (Fsp3) is 0.0370. The van der Waals surface area contributed by atoms with Gasteiger partial charge >= 0.3 is 11.9 Å². The average Bonchev–Trinajstić information content (AvgIpc) is 3.18. The molecule has 2 N–H and O–H groups in total. The molecule has 1 aliphatic carbocycles. The molecular weight excluding hydrogens is 404 g/mol. The van der Waals surface area contributed by atoms with Crippen molar-refractivity contribution in [3.05, 3.63) is 107 Å². The van der Waals surface area contributed by atoms with Gasteiger partial charge in [-0.1, -0.05) is 60.7 Å². The number of aromatic carboxylic acids is 2. The number of carboxylic acid groups (broad SMARTS) is 2. The summed E-state index contributed by atoms with van der Waals surface area (Å²) < 4.78 is 5.75. The third kappa shape index (κ3) is 3.30. The van der Waals surface area contributed by atoms with E-state index in [1.807, 2.05) is 12.1 Å². The summed E-state index contributed by atoms with van der Waals surface area (Å²) in [5.41, 5.74) is 6.59. The lowest BCUT2D eigenvalue weighted by Gasteiger charge is -2.12. The maximum absolute atomic E-state index is 11.6. The molecule has 0 bridgehead atoms. The van der Waals surface area contributed by atoms with E-state index in [4.69, 9.17) is 4.74 Å². The fourth-order valence-corrected chi connectivity index (χ4v) is 4.27. The molecule has 1 aliphatic rings. The molecule has 32 heavy (non-hydrogen) atoms. The van der Waals surface area contributed by atoms with Crippen LogP contribution in [0.5, 0.6) is 11.5 Å². The van der Waals surface area contributed by atoms with Gasteiger partial charge in [0, 0.05) is 0 Å². The summed E-state index contributed by atoms with van der Waals surface area (Å²) in [4.78, 5) is 23.0. The number of fused-ring (bicyclic) bond motifs is 3. The van der Waals surface area contributed by atoms with Crippen molar-refractivity contribution in [1.29, 1.82) is 0 Å². The first kappa shape index (κ1) is 19.6. The number of carbonyl (C=O) groups is 2. The third-order valence-corrected chi connectivity index (χ3v) is 5.71. The van der Waals surface area contributed by atoms with E-state index in [0.717, 1.165) is 17.5 Å². The number of benzene rings is 4. The zero-order valence-electron chi connectivity index (χ0n) is 16.9. The first-order chi connectivity index (χ1) is 15.5. The first-order valence-electron chi connectivity index (χ1n) is 10.1. The van der Waals surface area contributed by atoms with E-state index in [9.17, 15) is 19.8 Å². The minimum absolute atomic E-state index is 0.0128. The molecule has 0 aliphatic heterocycles. The van der Waals surface area contributed by atoms with Crippen molar-refractivity contribution in [3.63, 3.8) is 0 Å². The predicted molar refractivity (Wildman–Crippen MR) is 121 cm³/mol. The van der Waals surface area contributed by atoms with Crippen molar-refractivity contribution in [2.24, 2.45) is 0 Å². The Morgan fingerprint density at radius 2 is 1.38 bits per heavy atom. The van der Waals surface area contributed by atoms with Crippen LogP contribution in [0.15, 0.2) is 84.9 Å². The van der Waals surface area contributed by atoms with Gasteiger partial charge in [-0.15, -0.1) is 0 Å². The summed E-state index contributed by atoms with van der Waals surface area (Å²) in [5.74, 6) is -2.26. The molecule has 4 aromatic carbocycles. The van der Waals surface area contributed by atoms with Gasteiger partial charge < -0.3 is 14.9 Å². The molecule has 156 valence electrons. The summed E-state index contributed by atoms with van der Waals surface area (Å²) in [6, 6.07) is 26.2. The molecule has 0 fully saturated rings. The first-order valence-corrected chi connectivity index (χ1v) is 10.1. The molecule has 0 radical (unpaired) electrons. The second-order valence-corrected chi connectivity index (χ2v) is 7.58.